The van der Waals surface area contributed by atoms with E-state index < -0.39 is 48.3 Å². The molecule has 0 N–H and O–H groups in total. The van der Waals surface area contributed by atoms with Crippen LogP contribution in [0.1, 0.15) is 11.6 Å². The number of para-hydroxylation sites is 1. The molecule has 0 spiro atoms. The molecule has 0 saturated heterocycles. The second-order valence-electron chi connectivity index (χ2n) is 5.30. The standard InChI is InChI=1S/C15H15FN2O6S2/c1-25(21,22)18(14(11-16)12-7-3-2-4-8-12)26(23,24)15-10-6-5-9-13(15)17(19)20/h2-10,14H,11H2,1H3. The van der Waals surface area contributed by atoms with Gasteiger partial charge in [0.1, 0.15) is 6.67 Å². The lowest BCUT2D eigenvalue weighted by atomic mass is 10.1. The number of rotatable bonds is 7. The summed E-state index contributed by atoms with van der Waals surface area (Å²) in [4.78, 5) is 9.38. The van der Waals surface area contributed by atoms with Gasteiger partial charge in [0.05, 0.1) is 17.2 Å². The van der Waals surface area contributed by atoms with Crippen molar-refractivity contribution in [1.29, 1.82) is 0 Å². The summed E-state index contributed by atoms with van der Waals surface area (Å²) >= 11 is 0. The highest BCUT2D eigenvalue weighted by atomic mass is 32.3. The van der Waals surface area contributed by atoms with Gasteiger partial charge >= 0.3 is 0 Å². The van der Waals surface area contributed by atoms with Gasteiger partial charge in [0.25, 0.3) is 15.7 Å². The molecule has 2 aromatic carbocycles. The van der Waals surface area contributed by atoms with E-state index in [0.717, 1.165) is 12.1 Å². The van der Waals surface area contributed by atoms with Gasteiger partial charge in [-0.3, -0.25) is 10.1 Å². The minimum absolute atomic E-state index is 0.0162. The zero-order valence-corrected chi connectivity index (χ0v) is 15.2. The van der Waals surface area contributed by atoms with E-state index in [1.54, 1.807) is 6.07 Å². The summed E-state index contributed by atoms with van der Waals surface area (Å²) in [7, 11) is -9.42. The van der Waals surface area contributed by atoms with Crippen molar-refractivity contribution < 1.29 is 26.1 Å². The molecule has 1 atom stereocenters. The van der Waals surface area contributed by atoms with Crippen molar-refractivity contribution in [3.8, 4) is 0 Å². The number of benzene rings is 2. The van der Waals surface area contributed by atoms with Crippen molar-refractivity contribution in [3.05, 3.63) is 70.3 Å². The van der Waals surface area contributed by atoms with Gasteiger partial charge in [-0.1, -0.05) is 46.2 Å². The van der Waals surface area contributed by atoms with E-state index in [4.69, 9.17) is 0 Å². The van der Waals surface area contributed by atoms with Gasteiger partial charge in [0, 0.05) is 6.07 Å². The lowest BCUT2D eigenvalue weighted by molar-refractivity contribution is -0.387. The quantitative estimate of drug-likeness (QED) is 0.518. The predicted octanol–water partition coefficient (Wildman–Crippen LogP) is 2.26. The molecule has 26 heavy (non-hydrogen) atoms. The molecule has 2 aromatic rings. The van der Waals surface area contributed by atoms with E-state index in [-0.39, 0.29) is 9.27 Å². The fraction of sp³-hybridized carbons (Fsp3) is 0.200. The van der Waals surface area contributed by atoms with E-state index in [9.17, 15) is 31.3 Å². The highest BCUT2D eigenvalue weighted by Crippen LogP contribution is 2.34. The zero-order chi connectivity index (χ0) is 19.5. The number of alkyl halides is 1. The summed E-state index contributed by atoms with van der Waals surface area (Å²) in [5.41, 5.74) is -0.700. The maximum absolute atomic E-state index is 13.7. The number of nitro benzene ring substituents is 1. The molecule has 0 amide bonds. The molecule has 0 aliphatic rings. The van der Waals surface area contributed by atoms with Crippen LogP contribution in [0.25, 0.3) is 0 Å². The lowest BCUT2D eigenvalue weighted by Crippen LogP contribution is -2.40. The van der Waals surface area contributed by atoms with Crippen molar-refractivity contribution in [3.63, 3.8) is 0 Å². The number of hydrogen-bond donors (Lipinski definition) is 0. The first kappa shape index (κ1) is 19.9. The summed E-state index contributed by atoms with van der Waals surface area (Å²) in [6, 6.07) is 9.95. The second-order valence-corrected chi connectivity index (χ2v) is 9.17. The molecule has 0 aromatic heterocycles. The largest absolute Gasteiger partial charge is 0.289 e. The Morgan fingerprint density at radius 1 is 1.04 bits per heavy atom. The third-order valence-electron chi connectivity index (χ3n) is 3.49. The van der Waals surface area contributed by atoms with E-state index in [0.29, 0.717) is 6.26 Å². The molecule has 0 saturated carbocycles. The Hall–Kier alpha value is -2.37. The molecule has 0 aliphatic heterocycles. The number of nitrogens with zero attached hydrogens (tertiary/aromatic N) is 2. The third kappa shape index (κ3) is 3.89. The van der Waals surface area contributed by atoms with Crippen LogP contribution in [0.2, 0.25) is 0 Å². The molecule has 8 nitrogen and oxygen atoms in total. The average Bonchev–Trinajstić information content (AvgIpc) is 2.59. The van der Waals surface area contributed by atoms with Crippen LogP contribution in [0.5, 0.6) is 0 Å². The van der Waals surface area contributed by atoms with Crippen molar-refractivity contribution in [2.75, 3.05) is 12.9 Å². The number of halogens is 1. The summed E-state index contributed by atoms with van der Waals surface area (Å²) < 4.78 is 64.0. The zero-order valence-electron chi connectivity index (χ0n) is 13.5. The van der Waals surface area contributed by atoms with Crippen LogP contribution in [-0.4, -0.2) is 38.4 Å². The van der Waals surface area contributed by atoms with E-state index in [1.165, 1.54) is 36.4 Å². The first-order chi connectivity index (χ1) is 12.1. The number of nitro groups is 1. The Bertz CT molecular complexity index is 1010. The summed E-state index contributed by atoms with van der Waals surface area (Å²) in [5.74, 6) is 0. The predicted molar refractivity (Wildman–Crippen MR) is 92.1 cm³/mol. The Kier molecular flexibility index (Phi) is 5.74. The van der Waals surface area contributed by atoms with Crippen LogP contribution in [-0.2, 0) is 20.0 Å². The second kappa shape index (κ2) is 7.48. The summed E-state index contributed by atoms with van der Waals surface area (Å²) in [6.45, 7) is -1.34. The lowest BCUT2D eigenvalue weighted by Gasteiger charge is -2.27. The molecule has 0 fully saturated rings. The van der Waals surface area contributed by atoms with Gasteiger partial charge in [-0.05, 0) is 11.6 Å². The van der Waals surface area contributed by atoms with Crippen LogP contribution in [0.15, 0.2) is 59.5 Å². The molecule has 2 rings (SSSR count). The van der Waals surface area contributed by atoms with Crippen molar-refractivity contribution in [2.24, 2.45) is 0 Å². The molecule has 1 unspecified atom stereocenters. The first-order valence-corrected chi connectivity index (χ1v) is 10.5. The highest BCUT2D eigenvalue weighted by molar-refractivity contribution is 8.03. The first-order valence-electron chi connectivity index (χ1n) is 7.19. The molecule has 0 aliphatic carbocycles. The fourth-order valence-electron chi connectivity index (χ4n) is 2.44. The van der Waals surface area contributed by atoms with Crippen LogP contribution in [0.3, 0.4) is 0 Å². The van der Waals surface area contributed by atoms with Gasteiger partial charge < -0.3 is 0 Å². The molecule has 11 heteroatoms. The average molecular weight is 402 g/mol. The molecule has 140 valence electrons. The van der Waals surface area contributed by atoms with Gasteiger partial charge in [0.15, 0.2) is 4.90 Å². The van der Waals surface area contributed by atoms with Crippen LogP contribution in [0, 0.1) is 10.1 Å². The molecule has 0 bridgehead atoms. The Labute approximate surface area is 150 Å². The van der Waals surface area contributed by atoms with Gasteiger partial charge in [-0.2, -0.15) is 0 Å². The maximum atomic E-state index is 13.7. The topological polar surface area (TPSA) is 115 Å². The Morgan fingerprint density at radius 2 is 1.58 bits per heavy atom. The number of sulfonamides is 2. The van der Waals surface area contributed by atoms with Crippen LogP contribution in [0.4, 0.5) is 10.1 Å². The van der Waals surface area contributed by atoms with Crippen molar-refractivity contribution >= 4 is 25.7 Å². The molecule has 0 heterocycles. The monoisotopic (exact) mass is 402 g/mol. The molecule has 0 radical (unpaired) electrons. The Balaban J connectivity index is 2.74. The van der Waals surface area contributed by atoms with Crippen LogP contribution < -0.4 is 0 Å². The third-order valence-corrected chi connectivity index (χ3v) is 7.43. The normalized spacial score (nSPS) is 13.5. The van der Waals surface area contributed by atoms with E-state index >= 15 is 0 Å². The van der Waals surface area contributed by atoms with E-state index in [2.05, 4.69) is 0 Å². The molecular weight excluding hydrogens is 387 g/mol. The van der Waals surface area contributed by atoms with Gasteiger partial charge in [0.2, 0.25) is 10.0 Å². The fourth-order valence-corrected chi connectivity index (χ4v) is 6.11. The smallest absolute Gasteiger partial charge is 0.258 e. The highest BCUT2D eigenvalue weighted by Gasteiger charge is 2.42. The van der Waals surface area contributed by atoms with Crippen molar-refractivity contribution in [1.82, 2.24) is 3.71 Å². The maximum Gasteiger partial charge on any atom is 0.289 e. The Morgan fingerprint density at radius 3 is 2.08 bits per heavy atom. The molecular formula is C15H15FN2O6S2. The minimum atomic E-state index is -4.93. The number of hydrogen-bond acceptors (Lipinski definition) is 6. The van der Waals surface area contributed by atoms with E-state index in [1.807, 2.05) is 0 Å². The summed E-state index contributed by atoms with van der Waals surface area (Å²) in [5, 5.41) is 11.1. The minimum Gasteiger partial charge on any atom is -0.258 e. The van der Waals surface area contributed by atoms with Crippen LogP contribution >= 0.6 is 0 Å². The van der Waals surface area contributed by atoms with Gasteiger partial charge in [-0.25, -0.2) is 21.2 Å². The van der Waals surface area contributed by atoms with Crippen molar-refractivity contribution in [2.45, 2.75) is 10.9 Å². The van der Waals surface area contributed by atoms with Gasteiger partial charge in [-0.15, -0.1) is 0 Å². The summed E-state index contributed by atoms with van der Waals surface area (Å²) in [6.07, 6.45) is 0.602. The SMILES string of the molecule is CS(=O)(=O)N(C(CF)c1ccccc1)S(=O)(=O)c1ccccc1[N+](=O)[O-].